The molecule has 2 amide bonds. The lowest BCUT2D eigenvalue weighted by atomic mass is 9.70. The van der Waals surface area contributed by atoms with Crippen molar-refractivity contribution in [1.29, 1.82) is 0 Å². The van der Waals surface area contributed by atoms with Crippen molar-refractivity contribution in [1.82, 2.24) is 14.7 Å². The van der Waals surface area contributed by atoms with E-state index in [9.17, 15) is 19.5 Å². The molecule has 0 aliphatic carbocycles. The fourth-order valence-electron chi connectivity index (χ4n) is 6.43. The molecule has 4 fully saturated rings. The van der Waals surface area contributed by atoms with Crippen LogP contribution < -0.4 is 0 Å². The van der Waals surface area contributed by atoms with Crippen molar-refractivity contribution in [2.75, 3.05) is 65.7 Å². The zero-order chi connectivity index (χ0) is 27.3. The first kappa shape index (κ1) is 29.2. The van der Waals surface area contributed by atoms with E-state index in [1.165, 1.54) is 6.08 Å². The van der Waals surface area contributed by atoms with Crippen LogP contribution in [-0.4, -0.2) is 126 Å². The van der Waals surface area contributed by atoms with Gasteiger partial charge in [-0.3, -0.25) is 19.3 Å². The van der Waals surface area contributed by atoms with Crippen LogP contribution in [-0.2, 0) is 28.6 Å². The smallest absolute Gasteiger partial charge is 0.312 e. The Balaban J connectivity index is 1.62. The first-order chi connectivity index (χ1) is 18.4. The number of halogens is 1. The van der Waals surface area contributed by atoms with Crippen LogP contribution >= 0.6 is 15.9 Å². The summed E-state index contributed by atoms with van der Waals surface area (Å²) >= 11 is 3.67. The highest BCUT2D eigenvalue weighted by Gasteiger charge is 2.77. The van der Waals surface area contributed by atoms with Gasteiger partial charge in [-0.1, -0.05) is 34.7 Å². The summed E-state index contributed by atoms with van der Waals surface area (Å²) in [5.41, 5.74) is -1.11. The summed E-state index contributed by atoms with van der Waals surface area (Å²) in [6, 6.07) is -0.846. The van der Waals surface area contributed by atoms with Gasteiger partial charge >= 0.3 is 5.97 Å². The van der Waals surface area contributed by atoms with Crippen molar-refractivity contribution >= 4 is 33.7 Å². The summed E-state index contributed by atoms with van der Waals surface area (Å²) in [5.74, 6) is -2.49. The van der Waals surface area contributed by atoms with Gasteiger partial charge in [-0.15, -0.1) is 6.58 Å². The third-order valence-corrected chi connectivity index (χ3v) is 8.99. The number of amides is 2. The molecule has 0 radical (unpaired) electrons. The maximum Gasteiger partial charge on any atom is 0.312 e. The van der Waals surface area contributed by atoms with Crippen LogP contribution in [0, 0.1) is 11.8 Å². The maximum absolute atomic E-state index is 14.3. The molecule has 1 N–H and O–H groups in total. The SMILES string of the molecule is C=CCOC(=O)[C@H]1[C@@H]2OC3(CC2Br)C(C(=O)N(CC=C)CCN2CCOCC2)N(CCCCCO)C(=O)[C@H]13. The molecule has 1 spiro atoms. The molecule has 4 aliphatic rings. The highest BCUT2D eigenvalue weighted by atomic mass is 79.9. The zero-order valence-corrected chi connectivity index (χ0v) is 23.6. The molecule has 4 rings (SSSR count). The van der Waals surface area contributed by atoms with Crippen LogP contribution in [0.25, 0.3) is 0 Å². The number of carbonyl (C=O) groups excluding carboxylic acids is 3. The molecule has 0 aromatic heterocycles. The maximum atomic E-state index is 14.3. The van der Waals surface area contributed by atoms with E-state index in [1.54, 1.807) is 15.9 Å². The minimum absolute atomic E-state index is 0.0464. The minimum Gasteiger partial charge on any atom is -0.461 e. The number of fused-ring (bicyclic) bond motifs is 1. The third-order valence-electron chi connectivity index (χ3n) is 8.15. The number of likely N-dealkylation sites (tertiary alicyclic amines) is 1. The Kier molecular flexibility index (Phi) is 10.0. The van der Waals surface area contributed by atoms with E-state index in [1.807, 2.05) is 0 Å². The van der Waals surface area contributed by atoms with Crippen molar-refractivity contribution in [3.05, 3.63) is 25.3 Å². The van der Waals surface area contributed by atoms with Crippen molar-refractivity contribution in [2.45, 2.75) is 48.3 Å². The molecular weight excluding hydrogens is 558 g/mol. The second-order valence-corrected chi connectivity index (χ2v) is 11.6. The van der Waals surface area contributed by atoms with Crippen LogP contribution in [0.4, 0.5) is 0 Å². The molecule has 0 saturated carbocycles. The first-order valence-corrected chi connectivity index (χ1v) is 14.5. The summed E-state index contributed by atoms with van der Waals surface area (Å²) in [6.45, 7) is 12.4. The molecular formula is C27H40BrN3O7. The van der Waals surface area contributed by atoms with Gasteiger partial charge in [0.1, 0.15) is 18.2 Å². The lowest BCUT2D eigenvalue weighted by Crippen LogP contribution is -2.57. The number of nitrogens with zero attached hydrogens (tertiary/aromatic N) is 3. The number of hydrogen-bond acceptors (Lipinski definition) is 8. The molecule has 4 saturated heterocycles. The third kappa shape index (κ3) is 5.58. The molecule has 2 bridgehead atoms. The van der Waals surface area contributed by atoms with Gasteiger partial charge < -0.3 is 29.1 Å². The molecule has 11 heteroatoms. The van der Waals surface area contributed by atoms with E-state index in [4.69, 9.17) is 14.2 Å². The van der Waals surface area contributed by atoms with Crippen LogP contribution in [0.15, 0.2) is 25.3 Å². The predicted octanol–water partition coefficient (Wildman–Crippen LogP) is 0.973. The number of esters is 1. The number of rotatable bonds is 14. The molecule has 0 aromatic carbocycles. The minimum atomic E-state index is -1.11. The monoisotopic (exact) mass is 597 g/mol. The molecule has 6 atom stereocenters. The fraction of sp³-hybridized carbons (Fsp3) is 0.741. The standard InChI is InChI=1S/C27H40BrN3O7/c1-3-8-30(11-10-29-12-16-36-17-13-29)25(34)23-27-18-19(28)22(38-27)20(26(35)37-15-4-2)21(27)24(33)31(23)9-6-5-7-14-32/h3-4,19-23,32H,1-2,5-18H2/t19?,20-,21+,22-,23?,27?/m1/s1. The molecule has 3 unspecified atom stereocenters. The number of hydrogen-bond donors (Lipinski definition) is 1. The molecule has 38 heavy (non-hydrogen) atoms. The average molecular weight is 599 g/mol. The van der Waals surface area contributed by atoms with Crippen molar-refractivity contribution in [3.63, 3.8) is 0 Å². The van der Waals surface area contributed by atoms with E-state index in [-0.39, 0.29) is 29.9 Å². The van der Waals surface area contributed by atoms with Crippen molar-refractivity contribution in [3.8, 4) is 0 Å². The Morgan fingerprint density at radius 2 is 1.95 bits per heavy atom. The van der Waals surface area contributed by atoms with Crippen LogP contribution in [0.3, 0.4) is 0 Å². The van der Waals surface area contributed by atoms with Crippen LogP contribution in [0.2, 0.25) is 0 Å². The number of unbranched alkanes of at least 4 members (excludes halogenated alkanes) is 2. The molecule has 10 nitrogen and oxygen atoms in total. The fourth-order valence-corrected chi connectivity index (χ4v) is 7.38. The summed E-state index contributed by atoms with van der Waals surface area (Å²) in [6.07, 6.45) is 5.08. The van der Waals surface area contributed by atoms with Gasteiger partial charge in [-0.25, -0.2) is 0 Å². The van der Waals surface area contributed by atoms with Gasteiger partial charge in [0.25, 0.3) is 0 Å². The molecule has 212 valence electrons. The number of ether oxygens (including phenoxy) is 3. The second-order valence-electron chi connectivity index (χ2n) is 10.4. The Bertz CT molecular complexity index is 898. The molecule has 4 heterocycles. The van der Waals surface area contributed by atoms with Gasteiger partial charge in [-0.2, -0.15) is 0 Å². The second kappa shape index (κ2) is 13.0. The highest BCUT2D eigenvalue weighted by molar-refractivity contribution is 9.09. The van der Waals surface area contributed by atoms with Crippen molar-refractivity contribution in [2.24, 2.45) is 11.8 Å². The lowest BCUT2D eigenvalue weighted by Gasteiger charge is -2.38. The number of alkyl halides is 1. The average Bonchev–Trinajstić information content (AvgIpc) is 3.51. The Morgan fingerprint density at radius 1 is 1.18 bits per heavy atom. The van der Waals surface area contributed by atoms with Crippen LogP contribution in [0.5, 0.6) is 0 Å². The number of aliphatic hydroxyl groups is 1. The van der Waals surface area contributed by atoms with E-state index in [0.29, 0.717) is 58.7 Å². The summed E-state index contributed by atoms with van der Waals surface area (Å²) < 4.78 is 17.3. The normalized spacial score (nSPS) is 32.3. The lowest BCUT2D eigenvalue weighted by molar-refractivity contribution is -0.154. The summed E-state index contributed by atoms with van der Waals surface area (Å²) in [7, 11) is 0. The van der Waals surface area contributed by atoms with E-state index in [0.717, 1.165) is 19.5 Å². The van der Waals surface area contributed by atoms with Gasteiger partial charge in [0.05, 0.1) is 31.2 Å². The first-order valence-electron chi connectivity index (χ1n) is 13.6. The number of morpholine rings is 1. The Labute approximate surface area is 233 Å². The van der Waals surface area contributed by atoms with Crippen molar-refractivity contribution < 1.29 is 33.7 Å². The largest absolute Gasteiger partial charge is 0.461 e. The summed E-state index contributed by atoms with van der Waals surface area (Å²) in [4.78, 5) is 46.9. The van der Waals surface area contributed by atoms with Gasteiger partial charge in [-0.05, 0) is 25.7 Å². The Morgan fingerprint density at radius 3 is 2.63 bits per heavy atom. The highest BCUT2D eigenvalue weighted by Crippen LogP contribution is 2.60. The number of aliphatic hydroxyl groups excluding tert-OH is 1. The van der Waals surface area contributed by atoms with Gasteiger partial charge in [0.2, 0.25) is 11.8 Å². The quantitative estimate of drug-likeness (QED) is 0.137. The zero-order valence-electron chi connectivity index (χ0n) is 22.0. The Hall–Kier alpha value is -1.79. The summed E-state index contributed by atoms with van der Waals surface area (Å²) in [5, 5.41) is 9.21. The topological polar surface area (TPSA) is 109 Å². The molecule has 0 aromatic rings. The van der Waals surface area contributed by atoms with E-state index >= 15 is 0 Å². The van der Waals surface area contributed by atoms with Gasteiger partial charge in [0, 0.05) is 50.7 Å². The molecule has 4 aliphatic heterocycles. The van der Waals surface area contributed by atoms with E-state index in [2.05, 4.69) is 34.0 Å². The predicted molar refractivity (Wildman–Crippen MR) is 144 cm³/mol. The van der Waals surface area contributed by atoms with Crippen LogP contribution in [0.1, 0.15) is 25.7 Å². The number of carbonyl (C=O) groups is 3. The van der Waals surface area contributed by atoms with E-state index < -0.39 is 35.6 Å². The van der Waals surface area contributed by atoms with Gasteiger partial charge in [0.15, 0.2) is 0 Å².